The first-order valence-electron chi connectivity index (χ1n) is 5.38. The Morgan fingerprint density at radius 1 is 1.55 bits per heavy atom. The summed E-state index contributed by atoms with van der Waals surface area (Å²) in [4.78, 5) is 17.5. The Morgan fingerprint density at radius 3 is 3.00 bits per heavy atom. The van der Waals surface area contributed by atoms with Gasteiger partial charge in [-0.3, -0.25) is 10.2 Å². The van der Waals surface area contributed by atoms with Gasteiger partial charge in [0.1, 0.15) is 11.6 Å². The summed E-state index contributed by atoms with van der Waals surface area (Å²) in [6.07, 6.45) is 3.37. The topological polar surface area (TPSA) is 82.0 Å². The Bertz CT molecular complexity index is 707. The molecule has 1 aromatic heterocycles. The number of carbonyl (C=O) groups excluding carboxylic acids is 1. The average molecular weight is 371 g/mol. The van der Waals surface area contributed by atoms with Crippen LogP contribution in [0.15, 0.2) is 36.2 Å². The lowest BCUT2D eigenvalue weighted by Crippen LogP contribution is -2.41. The predicted octanol–water partition coefficient (Wildman–Crippen LogP) is 2.98. The zero-order chi connectivity index (χ0) is 14.3. The quantitative estimate of drug-likeness (QED) is 0.606. The van der Waals surface area contributed by atoms with Crippen molar-refractivity contribution in [2.45, 2.75) is 0 Å². The third-order valence-corrected chi connectivity index (χ3v) is 4.44. The van der Waals surface area contributed by atoms with Crippen molar-refractivity contribution in [2.24, 2.45) is 9.39 Å². The molecule has 0 saturated heterocycles. The van der Waals surface area contributed by atoms with Crippen molar-refractivity contribution in [3.63, 3.8) is 0 Å². The minimum atomic E-state index is -0.459. The third-order valence-electron chi connectivity index (χ3n) is 2.56. The van der Waals surface area contributed by atoms with Crippen LogP contribution in [-0.4, -0.2) is 33.2 Å². The molecule has 0 aromatic carbocycles. The second-order valence-electron chi connectivity index (χ2n) is 3.75. The van der Waals surface area contributed by atoms with Gasteiger partial charge in [-0.15, -0.1) is 0 Å². The largest absolute Gasteiger partial charge is 0.450 e. The van der Waals surface area contributed by atoms with Crippen molar-refractivity contribution >= 4 is 67.8 Å². The van der Waals surface area contributed by atoms with E-state index in [1.54, 1.807) is 17.0 Å². The van der Waals surface area contributed by atoms with E-state index in [0.717, 1.165) is 11.9 Å². The molecule has 0 fully saturated rings. The fraction of sp³-hybridized carbons (Fsp3) is 0.0909. The molecular weight excluding hydrogens is 364 g/mol. The summed E-state index contributed by atoms with van der Waals surface area (Å²) in [6.45, 7) is 0. The van der Waals surface area contributed by atoms with E-state index < -0.39 is 5.91 Å². The van der Waals surface area contributed by atoms with Gasteiger partial charge in [0.05, 0.1) is 17.5 Å². The van der Waals surface area contributed by atoms with Gasteiger partial charge in [0, 0.05) is 0 Å². The van der Waals surface area contributed by atoms with Crippen LogP contribution in [0.5, 0.6) is 0 Å². The number of aliphatic imine (C=N–C) groups is 1. The van der Waals surface area contributed by atoms with Crippen LogP contribution in [0.4, 0.5) is 0 Å². The number of rotatable bonds is 1. The van der Waals surface area contributed by atoms with E-state index in [1.165, 1.54) is 17.8 Å². The van der Waals surface area contributed by atoms with Gasteiger partial charge in [-0.2, -0.15) is 9.39 Å². The summed E-state index contributed by atoms with van der Waals surface area (Å²) in [5.41, 5.74) is 0.180. The number of nitrogens with zero attached hydrogens (tertiary/aromatic N) is 3. The Balaban J connectivity index is 2.02. The molecule has 102 valence electrons. The Hall–Kier alpha value is -1.32. The monoisotopic (exact) mass is 370 g/mol. The predicted molar refractivity (Wildman–Crippen MR) is 84.9 cm³/mol. The lowest BCUT2D eigenvalue weighted by Gasteiger charge is -2.23. The van der Waals surface area contributed by atoms with Crippen LogP contribution in [0.25, 0.3) is 6.08 Å². The highest BCUT2D eigenvalue weighted by Gasteiger charge is 2.37. The van der Waals surface area contributed by atoms with Gasteiger partial charge in [-0.05, 0) is 40.4 Å². The summed E-state index contributed by atoms with van der Waals surface area (Å²) >= 11 is 5.70. The number of hydrogen-bond acceptors (Lipinski definition) is 6. The smallest absolute Gasteiger partial charge is 0.283 e. The van der Waals surface area contributed by atoms with Crippen molar-refractivity contribution in [1.82, 2.24) is 4.90 Å². The molecule has 2 aliphatic heterocycles. The molecule has 0 atom stereocenters. The van der Waals surface area contributed by atoms with Gasteiger partial charge < -0.3 is 4.42 Å². The summed E-state index contributed by atoms with van der Waals surface area (Å²) in [6, 6.07) is 3.43. The minimum absolute atomic E-state index is 0.0608. The Morgan fingerprint density at radius 2 is 2.35 bits per heavy atom. The fourth-order valence-electron chi connectivity index (χ4n) is 1.68. The maximum Gasteiger partial charge on any atom is 0.283 e. The minimum Gasteiger partial charge on any atom is -0.450 e. The molecule has 1 amide bonds. The fourth-order valence-corrected chi connectivity index (χ4v) is 3.45. The van der Waals surface area contributed by atoms with Gasteiger partial charge >= 0.3 is 0 Å². The summed E-state index contributed by atoms with van der Waals surface area (Å²) in [5.74, 6) is 0.0857. The summed E-state index contributed by atoms with van der Waals surface area (Å²) in [7, 11) is 0. The number of amidine groups is 3. The number of hydrogen-bond donors (Lipinski definition) is 1. The molecule has 9 heteroatoms. The van der Waals surface area contributed by atoms with Crippen LogP contribution in [0.2, 0.25) is 0 Å². The van der Waals surface area contributed by atoms with E-state index in [2.05, 4.69) is 25.3 Å². The Kier molecular flexibility index (Phi) is 3.57. The number of amides is 1. The van der Waals surface area contributed by atoms with E-state index in [1.807, 2.05) is 6.26 Å². The first-order chi connectivity index (χ1) is 9.60. The molecule has 3 heterocycles. The van der Waals surface area contributed by atoms with Crippen molar-refractivity contribution < 1.29 is 9.21 Å². The molecule has 0 radical (unpaired) electrons. The number of fused-ring (bicyclic) bond motifs is 1. The van der Waals surface area contributed by atoms with Gasteiger partial charge in [-0.25, -0.2) is 4.90 Å². The van der Waals surface area contributed by atoms with Crippen molar-refractivity contribution in [2.75, 3.05) is 6.26 Å². The van der Waals surface area contributed by atoms with Crippen molar-refractivity contribution in [1.29, 1.82) is 5.41 Å². The number of furan rings is 1. The molecule has 20 heavy (non-hydrogen) atoms. The normalized spacial score (nSPS) is 20.3. The molecule has 0 spiro atoms. The molecule has 1 aromatic rings. The van der Waals surface area contributed by atoms with Crippen LogP contribution in [-0.2, 0) is 4.79 Å². The molecule has 1 N–H and O–H groups in total. The number of halogens is 1. The molecule has 0 bridgehead atoms. The highest BCUT2D eigenvalue weighted by atomic mass is 79.9. The third kappa shape index (κ3) is 2.25. The van der Waals surface area contributed by atoms with E-state index >= 15 is 0 Å². The molecule has 2 aliphatic rings. The zero-order valence-electron chi connectivity index (χ0n) is 10.1. The highest BCUT2D eigenvalue weighted by Crippen LogP contribution is 2.31. The van der Waals surface area contributed by atoms with Gasteiger partial charge in [0.2, 0.25) is 5.17 Å². The van der Waals surface area contributed by atoms with Crippen LogP contribution < -0.4 is 0 Å². The van der Waals surface area contributed by atoms with Crippen LogP contribution in [0.3, 0.4) is 0 Å². The van der Waals surface area contributed by atoms with Gasteiger partial charge in [-0.1, -0.05) is 11.8 Å². The van der Waals surface area contributed by atoms with E-state index in [-0.39, 0.29) is 11.4 Å². The second kappa shape index (κ2) is 5.23. The Labute approximate surface area is 131 Å². The molecule has 0 saturated carbocycles. The SMILES string of the molecule is CSC1=NSC2=NC(=O)/C(=C\c3ccc(Br)o3)C(=N)N12. The maximum absolute atomic E-state index is 12.0. The molecule has 0 aliphatic carbocycles. The number of nitrogens with one attached hydrogen (secondary N) is 1. The molecule has 0 unspecified atom stereocenters. The zero-order valence-corrected chi connectivity index (χ0v) is 13.3. The lowest BCUT2D eigenvalue weighted by atomic mass is 10.1. The van der Waals surface area contributed by atoms with Crippen molar-refractivity contribution in [3.05, 3.63) is 28.1 Å². The standard InChI is InChI=1S/C11H7BrN4O2S2/c1-19-11-15-20-10-14-9(17)6(8(13)16(10)11)4-5-2-3-7(12)18-5/h2-4,13H,1H3/b6-4-,13-8?. The van der Waals surface area contributed by atoms with Crippen LogP contribution >= 0.6 is 39.6 Å². The highest BCUT2D eigenvalue weighted by molar-refractivity contribution is 9.10. The first-order valence-corrected chi connectivity index (χ1v) is 8.17. The maximum atomic E-state index is 12.0. The van der Waals surface area contributed by atoms with E-state index in [4.69, 9.17) is 9.83 Å². The molecule has 6 nitrogen and oxygen atoms in total. The lowest BCUT2D eigenvalue weighted by molar-refractivity contribution is -0.114. The average Bonchev–Trinajstić information content (AvgIpc) is 3.00. The van der Waals surface area contributed by atoms with Gasteiger partial charge in [0.25, 0.3) is 5.91 Å². The molecule has 3 rings (SSSR count). The molecular formula is C11H7BrN4O2S2. The second-order valence-corrected chi connectivity index (χ2v) is 6.04. The first kappa shape index (κ1) is 13.7. The van der Waals surface area contributed by atoms with E-state index in [0.29, 0.717) is 20.8 Å². The van der Waals surface area contributed by atoms with Crippen molar-refractivity contribution in [3.8, 4) is 0 Å². The summed E-state index contributed by atoms with van der Waals surface area (Å²) in [5, 5.41) is 9.24. The van der Waals surface area contributed by atoms with E-state index in [9.17, 15) is 4.79 Å². The van der Waals surface area contributed by atoms with Crippen LogP contribution in [0.1, 0.15) is 5.76 Å². The number of thioether (sulfide) groups is 1. The van der Waals surface area contributed by atoms with Gasteiger partial charge in [0.15, 0.2) is 9.84 Å². The summed E-state index contributed by atoms with van der Waals surface area (Å²) < 4.78 is 10.1. The number of carbonyl (C=O) groups is 1. The van der Waals surface area contributed by atoms with Crippen LogP contribution in [0, 0.1) is 5.41 Å².